The van der Waals surface area contributed by atoms with Crippen molar-refractivity contribution in [3.63, 3.8) is 0 Å². The van der Waals surface area contributed by atoms with Crippen LogP contribution < -0.4 is 10.1 Å². The molecule has 0 saturated heterocycles. The van der Waals surface area contributed by atoms with Gasteiger partial charge in [0, 0.05) is 17.0 Å². The molecule has 1 aliphatic rings. The van der Waals surface area contributed by atoms with Crippen LogP contribution in [0.5, 0.6) is 5.75 Å². The van der Waals surface area contributed by atoms with Crippen molar-refractivity contribution >= 4 is 33.4 Å². The Balaban J connectivity index is 1.77. The van der Waals surface area contributed by atoms with Gasteiger partial charge in [0.2, 0.25) is 0 Å². The summed E-state index contributed by atoms with van der Waals surface area (Å²) < 4.78 is 6.10. The van der Waals surface area contributed by atoms with Crippen LogP contribution >= 0.6 is 27.5 Å². The molecule has 0 bridgehead atoms. The molecule has 0 aromatic heterocycles. The summed E-state index contributed by atoms with van der Waals surface area (Å²) in [5.74, 6) is 0.379. The highest BCUT2D eigenvalue weighted by molar-refractivity contribution is 9.10. The molecule has 0 radical (unpaired) electrons. The van der Waals surface area contributed by atoms with Crippen LogP contribution in [0, 0.1) is 5.41 Å². The number of carbonyl (C=O) groups excluding carboxylic acids is 1. The molecule has 0 heterocycles. The number of aliphatic hydroxyl groups is 1. The number of benzene rings is 1. The number of aliphatic hydroxyl groups excluding tert-OH is 1. The van der Waals surface area contributed by atoms with Gasteiger partial charge in [-0.15, -0.1) is 0 Å². The van der Waals surface area contributed by atoms with Crippen molar-refractivity contribution in [1.29, 1.82) is 0 Å². The Bertz CT molecular complexity index is 477. The molecule has 1 aliphatic carbocycles. The van der Waals surface area contributed by atoms with Gasteiger partial charge in [-0.05, 0) is 47.0 Å². The Labute approximate surface area is 125 Å². The van der Waals surface area contributed by atoms with Crippen molar-refractivity contribution in [1.82, 2.24) is 5.32 Å². The monoisotopic (exact) mass is 347 g/mol. The minimum atomic E-state index is -0.193. The standard InChI is InChI=1S/C13H15BrClNO3/c14-10-5-9(15)1-2-11(10)19-6-12(18)16-7-13(8-17)3-4-13/h1-2,5,17H,3-4,6-8H2,(H,16,18). The Hall–Kier alpha value is -0.780. The van der Waals surface area contributed by atoms with Crippen LogP contribution in [0.1, 0.15) is 12.8 Å². The van der Waals surface area contributed by atoms with E-state index in [9.17, 15) is 4.79 Å². The molecule has 4 nitrogen and oxygen atoms in total. The molecule has 2 N–H and O–H groups in total. The highest BCUT2D eigenvalue weighted by atomic mass is 79.9. The molecule has 19 heavy (non-hydrogen) atoms. The van der Waals surface area contributed by atoms with Crippen molar-refractivity contribution in [3.05, 3.63) is 27.7 Å². The Kier molecular flexibility index (Phi) is 4.71. The number of amides is 1. The quantitative estimate of drug-likeness (QED) is 0.830. The van der Waals surface area contributed by atoms with Crippen LogP contribution in [0.3, 0.4) is 0 Å². The fraction of sp³-hybridized carbons (Fsp3) is 0.462. The average molecular weight is 349 g/mol. The molecule has 1 aromatic rings. The molecule has 0 atom stereocenters. The lowest BCUT2D eigenvalue weighted by atomic mass is 10.1. The van der Waals surface area contributed by atoms with Crippen LogP contribution in [-0.4, -0.2) is 30.8 Å². The molecule has 2 rings (SSSR count). The van der Waals surface area contributed by atoms with Crippen molar-refractivity contribution < 1.29 is 14.6 Å². The van der Waals surface area contributed by atoms with Crippen molar-refractivity contribution in [2.24, 2.45) is 5.41 Å². The molecule has 6 heteroatoms. The SMILES string of the molecule is O=C(COc1ccc(Cl)cc1Br)NCC1(CO)CC1. The lowest BCUT2D eigenvalue weighted by Gasteiger charge is -2.13. The number of hydrogen-bond donors (Lipinski definition) is 2. The zero-order valence-corrected chi connectivity index (χ0v) is 12.6. The molecule has 1 amide bonds. The van der Waals surface area contributed by atoms with Gasteiger partial charge < -0.3 is 15.2 Å². The first kappa shape index (κ1) is 14.6. The summed E-state index contributed by atoms with van der Waals surface area (Å²) in [4.78, 5) is 11.6. The topological polar surface area (TPSA) is 58.6 Å². The third-order valence-electron chi connectivity index (χ3n) is 3.21. The zero-order chi connectivity index (χ0) is 13.9. The molecule has 0 unspecified atom stereocenters. The second kappa shape index (κ2) is 6.11. The molecule has 0 spiro atoms. The van der Waals surface area contributed by atoms with Gasteiger partial charge >= 0.3 is 0 Å². The summed E-state index contributed by atoms with van der Waals surface area (Å²) in [7, 11) is 0. The third kappa shape index (κ3) is 4.09. The molecule has 1 fully saturated rings. The van der Waals surface area contributed by atoms with Crippen LogP contribution in [0.4, 0.5) is 0 Å². The highest BCUT2D eigenvalue weighted by Gasteiger charge is 2.42. The second-order valence-electron chi connectivity index (χ2n) is 4.80. The first-order chi connectivity index (χ1) is 9.04. The van der Waals surface area contributed by atoms with E-state index in [0.717, 1.165) is 12.8 Å². The molecule has 1 saturated carbocycles. The van der Waals surface area contributed by atoms with E-state index < -0.39 is 0 Å². The van der Waals surface area contributed by atoms with Gasteiger partial charge in [0.05, 0.1) is 11.1 Å². The summed E-state index contributed by atoms with van der Waals surface area (Å²) in [6.45, 7) is 0.575. The number of rotatable bonds is 6. The van der Waals surface area contributed by atoms with E-state index in [4.69, 9.17) is 21.4 Å². The molecular formula is C13H15BrClNO3. The first-order valence-corrected chi connectivity index (χ1v) is 7.17. The predicted octanol–water partition coefficient (Wildman–Crippen LogP) is 2.37. The minimum Gasteiger partial charge on any atom is -0.483 e. The maximum Gasteiger partial charge on any atom is 0.257 e. The van der Waals surface area contributed by atoms with Crippen molar-refractivity contribution in [2.75, 3.05) is 19.8 Å². The summed E-state index contributed by atoms with van der Waals surface area (Å²) in [6.07, 6.45) is 1.93. The van der Waals surface area contributed by atoms with Crippen LogP contribution in [0.15, 0.2) is 22.7 Å². The third-order valence-corrected chi connectivity index (χ3v) is 4.06. The van der Waals surface area contributed by atoms with Gasteiger partial charge in [0.15, 0.2) is 6.61 Å². The summed E-state index contributed by atoms with van der Waals surface area (Å²) in [6, 6.07) is 5.11. The maximum absolute atomic E-state index is 11.6. The Morgan fingerprint density at radius 1 is 1.53 bits per heavy atom. The number of carbonyl (C=O) groups is 1. The lowest BCUT2D eigenvalue weighted by Crippen LogP contribution is -2.35. The zero-order valence-electron chi connectivity index (χ0n) is 10.3. The van der Waals surface area contributed by atoms with Gasteiger partial charge in [-0.25, -0.2) is 0 Å². The predicted molar refractivity (Wildman–Crippen MR) is 76.4 cm³/mol. The lowest BCUT2D eigenvalue weighted by molar-refractivity contribution is -0.123. The Morgan fingerprint density at radius 3 is 2.84 bits per heavy atom. The van der Waals surface area contributed by atoms with Gasteiger partial charge in [0.1, 0.15) is 5.75 Å². The summed E-state index contributed by atoms with van der Waals surface area (Å²) in [5.41, 5.74) is -0.0868. The van der Waals surface area contributed by atoms with E-state index in [2.05, 4.69) is 21.2 Å². The van der Waals surface area contributed by atoms with Crippen LogP contribution in [-0.2, 0) is 4.79 Å². The number of nitrogens with one attached hydrogen (secondary N) is 1. The summed E-state index contributed by atoms with van der Waals surface area (Å²) >= 11 is 9.13. The summed E-state index contributed by atoms with van der Waals surface area (Å²) in [5, 5.41) is 12.5. The van der Waals surface area contributed by atoms with Crippen LogP contribution in [0.2, 0.25) is 5.02 Å². The van der Waals surface area contributed by atoms with E-state index in [1.54, 1.807) is 18.2 Å². The van der Waals surface area contributed by atoms with E-state index >= 15 is 0 Å². The Morgan fingerprint density at radius 2 is 2.26 bits per heavy atom. The average Bonchev–Trinajstić information content (AvgIpc) is 3.16. The van der Waals surface area contributed by atoms with E-state index in [0.29, 0.717) is 21.8 Å². The fourth-order valence-electron chi connectivity index (χ4n) is 1.64. The second-order valence-corrected chi connectivity index (χ2v) is 6.09. The van der Waals surface area contributed by atoms with Gasteiger partial charge in [-0.3, -0.25) is 4.79 Å². The molecule has 1 aromatic carbocycles. The smallest absolute Gasteiger partial charge is 0.257 e. The van der Waals surface area contributed by atoms with E-state index in [-0.39, 0.29) is 24.5 Å². The fourth-order valence-corrected chi connectivity index (χ4v) is 2.44. The maximum atomic E-state index is 11.6. The largest absolute Gasteiger partial charge is 0.483 e. The number of ether oxygens (including phenoxy) is 1. The van der Waals surface area contributed by atoms with E-state index in [1.165, 1.54) is 0 Å². The van der Waals surface area contributed by atoms with Gasteiger partial charge in [-0.2, -0.15) is 0 Å². The minimum absolute atomic E-state index is 0.0538. The number of halogens is 2. The highest BCUT2D eigenvalue weighted by Crippen LogP contribution is 2.44. The molecule has 104 valence electrons. The van der Waals surface area contributed by atoms with Crippen molar-refractivity contribution in [3.8, 4) is 5.75 Å². The molecular weight excluding hydrogens is 334 g/mol. The van der Waals surface area contributed by atoms with Gasteiger partial charge in [0.25, 0.3) is 5.91 Å². The van der Waals surface area contributed by atoms with E-state index in [1.807, 2.05) is 0 Å². The number of hydrogen-bond acceptors (Lipinski definition) is 3. The molecule has 0 aliphatic heterocycles. The first-order valence-electron chi connectivity index (χ1n) is 6.00. The van der Waals surface area contributed by atoms with Crippen molar-refractivity contribution in [2.45, 2.75) is 12.8 Å². The normalized spacial score (nSPS) is 15.9. The van der Waals surface area contributed by atoms with Gasteiger partial charge in [-0.1, -0.05) is 11.6 Å². The van der Waals surface area contributed by atoms with Crippen LogP contribution in [0.25, 0.3) is 0 Å².